The Kier molecular flexibility index (Phi) is 6.67. The minimum absolute atomic E-state index is 0.0608. The van der Waals surface area contributed by atoms with Gasteiger partial charge in [0.15, 0.2) is 0 Å². The molecule has 0 saturated heterocycles. The molecule has 0 saturated carbocycles. The van der Waals surface area contributed by atoms with Gasteiger partial charge in [-0.15, -0.1) is 0 Å². The molecule has 0 spiro atoms. The molecule has 0 aliphatic rings. The zero-order chi connectivity index (χ0) is 21.6. The Bertz CT molecular complexity index is 1180. The third kappa shape index (κ3) is 5.80. The predicted octanol–water partition coefficient (Wildman–Crippen LogP) is 3.45. The van der Waals surface area contributed by atoms with Crippen LogP contribution >= 0.6 is 0 Å². The van der Waals surface area contributed by atoms with E-state index < -0.39 is 9.73 Å². The van der Waals surface area contributed by atoms with E-state index in [1.54, 1.807) is 30.5 Å². The zero-order valence-corrected chi connectivity index (χ0v) is 17.5. The second kappa shape index (κ2) is 9.39. The number of nitrogens with zero attached hydrogens (tertiary/aromatic N) is 2. The minimum atomic E-state index is -2.82. The summed E-state index contributed by atoms with van der Waals surface area (Å²) in [5, 5.41) is 15.6. The molecule has 0 amide bonds. The van der Waals surface area contributed by atoms with E-state index in [2.05, 4.69) is 32.4 Å². The Morgan fingerprint density at radius 2 is 1.93 bits per heavy atom. The van der Waals surface area contributed by atoms with Gasteiger partial charge in [0.2, 0.25) is 5.95 Å². The van der Waals surface area contributed by atoms with Crippen LogP contribution in [-0.4, -0.2) is 38.2 Å². The number of aromatic nitrogens is 2. The van der Waals surface area contributed by atoms with Crippen molar-refractivity contribution in [2.45, 2.75) is 17.9 Å². The highest BCUT2D eigenvalue weighted by atomic mass is 32.2. The fourth-order valence-corrected chi connectivity index (χ4v) is 3.22. The maximum Gasteiger partial charge on any atom is 0.229 e. The monoisotopic (exact) mass is 421 g/mol. The second-order valence-corrected chi connectivity index (χ2v) is 8.96. The summed E-state index contributed by atoms with van der Waals surface area (Å²) in [5.41, 5.74) is 2.09. The molecule has 2 aromatic carbocycles. The van der Waals surface area contributed by atoms with Crippen LogP contribution in [0.3, 0.4) is 0 Å². The van der Waals surface area contributed by atoms with E-state index in [0.717, 1.165) is 5.56 Å². The molecule has 0 fully saturated rings. The third-order valence-electron chi connectivity index (χ3n) is 4.10. The highest BCUT2D eigenvalue weighted by molar-refractivity contribution is 7.91. The lowest BCUT2D eigenvalue weighted by molar-refractivity contribution is 0.281. The van der Waals surface area contributed by atoms with Gasteiger partial charge < -0.3 is 15.7 Å². The number of anilines is 3. The molecule has 2 unspecified atom stereocenters. The van der Waals surface area contributed by atoms with Gasteiger partial charge in [0.1, 0.15) is 5.82 Å². The van der Waals surface area contributed by atoms with E-state index in [1.165, 1.54) is 6.26 Å². The van der Waals surface area contributed by atoms with Crippen LogP contribution < -0.4 is 10.6 Å². The third-order valence-corrected chi connectivity index (χ3v) is 5.25. The van der Waals surface area contributed by atoms with Crippen LogP contribution in [0.2, 0.25) is 0 Å². The van der Waals surface area contributed by atoms with Crippen LogP contribution in [0.15, 0.2) is 65.7 Å². The van der Waals surface area contributed by atoms with Gasteiger partial charge >= 0.3 is 0 Å². The summed E-state index contributed by atoms with van der Waals surface area (Å²) in [6, 6.07) is 16.2. The highest BCUT2D eigenvalue weighted by Crippen LogP contribution is 2.21. The van der Waals surface area contributed by atoms with Crippen molar-refractivity contribution in [1.82, 2.24) is 9.97 Å². The number of hydrogen-bond donors (Lipinski definition) is 4. The van der Waals surface area contributed by atoms with E-state index in [-0.39, 0.29) is 12.6 Å². The van der Waals surface area contributed by atoms with Gasteiger partial charge in [0, 0.05) is 28.4 Å². The van der Waals surface area contributed by atoms with Crippen LogP contribution in [0.4, 0.5) is 17.5 Å². The van der Waals surface area contributed by atoms with E-state index in [9.17, 15) is 9.32 Å². The maximum atomic E-state index is 12.0. The summed E-state index contributed by atoms with van der Waals surface area (Å²) < 4.78 is 19.7. The van der Waals surface area contributed by atoms with Crippen LogP contribution in [0.1, 0.15) is 18.1 Å². The van der Waals surface area contributed by atoms with Crippen molar-refractivity contribution in [3.63, 3.8) is 0 Å². The first-order valence-electron chi connectivity index (χ1n) is 9.27. The van der Waals surface area contributed by atoms with E-state index in [1.807, 2.05) is 37.3 Å². The van der Waals surface area contributed by atoms with Gasteiger partial charge in [-0.3, -0.25) is 0 Å². The zero-order valence-electron chi connectivity index (χ0n) is 16.7. The van der Waals surface area contributed by atoms with Crippen molar-refractivity contribution in [3.05, 3.63) is 71.9 Å². The molecule has 1 aromatic heterocycles. The summed E-state index contributed by atoms with van der Waals surface area (Å²) in [7, 11) is -2.82. The molecule has 0 aliphatic heterocycles. The van der Waals surface area contributed by atoms with Crippen molar-refractivity contribution in [2.24, 2.45) is 0 Å². The van der Waals surface area contributed by atoms with Crippen LogP contribution in [0.5, 0.6) is 0 Å². The molecule has 154 valence electrons. The normalized spacial score (nSPS) is 13.4. The lowest BCUT2D eigenvalue weighted by atomic mass is 10.2. The molecule has 7 nitrogen and oxygen atoms in total. The highest BCUT2D eigenvalue weighted by Gasteiger charge is 2.10. The SMILES string of the molecule is CC(CO)Nc1nc(Nc2cccc(S(C)(=N)=O)c2)ncc1C#Cc1ccccc1. The first-order valence-corrected chi connectivity index (χ1v) is 11.2. The molecule has 30 heavy (non-hydrogen) atoms. The van der Waals surface area contributed by atoms with E-state index >= 15 is 0 Å². The Labute approximate surface area is 176 Å². The fourth-order valence-electron chi connectivity index (χ4n) is 2.53. The van der Waals surface area contributed by atoms with Crippen molar-refractivity contribution < 1.29 is 9.32 Å². The molecule has 4 N–H and O–H groups in total. The molecular weight excluding hydrogens is 398 g/mol. The number of benzene rings is 2. The first kappa shape index (κ1) is 21.3. The van der Waals surface area contributed by atoms with Gasteiger partial charge in [-0.25, -0.2) is 14.0 Å². The minimum Gasteiger partial charge on any atom is -0.394 e. The standard InChI is InChI=1S/C22H23N5O2S/c1-16(15-28)25-21-18(12-11-17-7-4-3-5-8-17)14-24-22(27-21)26-19-9-6-10-20(13-19)30(2,23)29/h3-10,13-14,16,23,28H,15H2,1-2H3,(H2,24,25,26,27). The Morgan fingerprint density at radius 3 is 2.63 bits per heavy atom. The van der Waals surface area contributed by atoms with Crippen molar-refractivity contribution >= 4 is 27.2 Å². The molecule has 2 atom stereocenters. The summed E-state index contributed by atoms with van der Waals surface area (Å²) in [5.74, 6) is 6.96. The molecule has 1 heterocycles. The number of hydrogen-bond acceptors (Lipinski definition) is 7. The van der Waals surface area contributed by atoms with Crippen molar-refractivity contribution in [2.75, 3.05) is 23.5 Å². The molecule has 0 bridgehead atoms. The van der Waals surface area contributed by atoms with E-state index in [4.69, 9.17) is 4.78 Å². The second-order valence-electron chi connectivity index (χ2n) is 6.80. The van der Waals surface area contributed by atoms with Crippen molar-refractivity contribution in [1.29, 1.82) is 4.78 Å². The number of nitrogens with one attached hydrogen (secondary N) is 3. The summed E-state index contributed by atoms with van der Waals surface area (Å²) in [6.07, 6.45) is 2.98. The van der Waals surface area contributed by atoms with Gasteiger partial charge in [-0.2, -0.15) is 4.98 Å². The van der Waals surface area contributed by atoms with Gasteiger partial charge in [-0.05, 0) is 37.3 Å². The Morgan fingerprint density at radius 1 is 1.17 bits per heavy atom. The van der Waals surface area contributed by atoms with Crippen LogP contribution in [0, 0.1) is 16.6 Å². The largest absolute Gasteiger partial charge is 0.394 e. The summed E-state index contributed by atoms with van der Waals surface area (Å²) in [4.78, 5) is 9.24. The smallest absolute Gasteiger partial charge is 0.229 e. The maximum absolute atomic E-state index is 12.0. The first-order chi connectivity index (χ1) is 14.3. The predicted molar refractivity (Wildman–Crippen MR) is 119 cm³/mol. The number of aliphatic hydroxyl groups is 1. The van der Waals surface area contributed by atoms with Crippen LogP contribution in [-0.2, 0) is 9.73 Å². The average Bonchev–Trinajstić information content (AvgIpc) is 2.73. The van der Waals surface area contributed by atoms with Gasteiger partial charge in [-0.1, -0.05) is 36.1 Å². The summed E-state index contributed by atoms with van der Waals surface area (Å²) in [6.45, 7) is 1.77. The van der Waals surface area contributed by atoms with Crippen LogP contribution in [0.25, 0.3) is 0 Å². The lowest BCUT2D eigenvalue weighted by Gasteiger charge is -2.14. The fraction of sp³-hybridized carbons (Fsp3) is 0.182. The number of rotatable bonds is 6. The molecule has 3 aromatic rings. The molecular formula is C22H23N5O2S. The number of aliphatic hydroxyl groups excluding tert-OH is 1. The van der Waals surface area contributed by atoms with Gasteiger partial charge in [0.25, 0.3) is 0 Å². The molecule has 0 aliphatic carbocycles. The van der Waals surface area contributed by atoms with Gasteiger partial charge in [0.05, 0.1) is 28.1 Å². The molecule has 3 rings (SSSR count). The average molecular weight is 422 g/mol. The molecule has 0 radical (unpaired) electrons. The molecule has 8 heteroatoms. The quantitative estimate of drug-likeness (QED) is 0.454. The lowest BCUT2D eigenvalue weighted by Crippen LogP contribution is -2.21. The van der Waals surface area contributed by atoms with E-state index in [0.29, 0.717) is 27.9 Å². The Hall–Kier alpha value is -3.41. The summed E-state index contributed by atoms with van der Waals surface area (Å²) >= 11 is 0. The Balaban J connectivity index is 1.92. The topological polar surface area (TPSA) is 111 Å². The van der Waals surface area contributed by atoms with Crippen molar-refractivity contribution in [3.8, 4) is 11.8 Å².